The zero-order chi connectivity index (χ0) is 13.2. The number of aromatic amines is 1. The maximum Gasteiger partial charge on any atom is 0.257 e. The number of nitrogens with zero attached hydrogens (tertiary/aromatic N) is 2. The van der Waals surface area contributed by atoms with Crippen molar-refractivity contribution in [1.29, 1.82) is 0 Å². The van der Waals surface area contributed by atoms with Crippen LogP contribution in [0.1, 0.15) is 35.6 Å². The molecule has 0 fully saturated rings. The number of rotatable bonds is 4. The molecule has 96 valence electrons. The van der Waals surface area contributed by atoms with Crippen LogP contribution in [0.2, 0.25) is 0 Å². The average molecular weight is 238 g/mol. The number of H-pyrrole nitrogens is 1. The molecule has 0 bridgehead atoms. The van der Waals surface area contributed by atoms with Gasteiger partial charge in [0.05, 0.1) is 11.3 Å². The number of aromatic nitrogens is 2. The van der Waals surface area contributed by atoms with Gasteiger partial charge in [-0.15, -0.1) is 0 Å². The van der Waals surface area contributed by atoms with E-state index in [9.17, 15) is 4.79 Å². The molecule has 3 N–H and O–H groups in total. The zero-order valence-electron chi connectivity index (χ0n) is 11.3. The molecule has 0 unspecified atom stereocenters. The molecule has 17 heavy (non-hydrogen) atoms. The topological polar surface area (TPSA) is 75.0 Å². The smallest absolute Gasteiger partial charge is 0.257 e. The van der Waals surface area contributed by atoms with Crippen LogP contribution in [0.25, 0.3) is 0 Å². The van der Waals surface area contributed by atoms with Gasteiger partial charge in [-0.2, -0.15) is 5.10 Å². The van der Waals surface area contributed by atoms with Crippen molar-refractivity contribution in [3.8, 4) is 0 Å². The van der Waals surface area contributed by atoms with Crippen LogP contribution in [0.5, 0.6) is 0 Å². The highest BCUT2D eigenvalue weighted by atomic mass is 16.2. The number of hydrogen-bond donors (Lipinski definition) is 2. The molecular weight excluding hydrogens is 216 g/mol. The number of carbonyl (C=O) groups excluding carboxylic acids is 1. The van der Waals surface area contributed by atoms with Gasteiger partial charge in [-0.25, -0.2) is 0 Å². The molecule has 5 nitrogen and oxygen atoms in total. The Morgan fingerprint density at radius 2 is 2.06 bits per heavy atom. The number of carbonyl (C=O) groups is 1. The lowest BCUT2D eigenvalue weighted by Crippen LogP contribution is -2.40. The van der Waals surface area contributed by atoms with Gasteiger partial charge in [0.15, 0.2) is 0 Å². The van der Waals surface area contributed by atoms with Gasteiger partial charge in [0, 0.05) is 19.3 Å². The summed E-state index contributed by atoms with van der Waals surface area (Å²) in [6.07, 6.45) is 0. The molecule has 0 aromatic carbocycles. The number of hydrogen-bond acceptors (Lipinski definition) is 3. The maximum absolute atomic E-state index is 12.3. The Kier molecular flexibility index (Phi) is 3.93. The second-order valence-corrected chi connectivity index (χ2v) is 5.34. The molecule has 0 saturated heterocycles. The Bertz CT molecular complexity index is 389. The number of nitrogens with two attached hydrogens (primary N) is 1. The Morgan fingerprint density at radius 3 is 2.47 bits per heavy atom. The summed E-state index contributed by atoms with van der Waals surface area (Å²) in [6, 6.07) is 0. The minimum Gasteiger partial charge on any atom is -0.341 e. The van der Waals surface area contributed by atoms with Crippen LogP contribution in [-0.4, -0.2) is 41.1 Å². The van der Waals surface area contributed by atoms with Crippen molar-refractivity contribution in [2.75, 3.05) is 20.1 Å². The Hall–Kier alpha value is -1.36. The second kappa shape index (κ2) is 4.87. The molecular formula is C12H22N4O. The normalized spacial score (nSPS) is 11.6. The van der Waals surface area contributed by atoms with E-state index in [1.165, 1.54) is 0 Å². The largest absolute Gasteiger partial charge is 0.341 e. The predicted molar refractivity (Wildman–Crippen MR) is 67.9 cm³/mol. The van der Waals surface area contributed by atoms with Crippen molar-refractivity contribution >= 4 is 5.91 Å². The molecule has 0 spiro atoms. The summed E-state index contributed by atoms with van der Waals surface area (Å²) in [5.74, 6) is -0.00437. The molecule has 0 aliphatic heterocycles. The monoisotopic (exact) mass is 238 g/mol. The molecule has 1 amide bonds. The summed E-state index contributed by atoms with van der Waals surface area (Å²) >= 11 is 0. The third kappa shape index (κ3) is 3.06. The fourth-order valence-electron chi connectivity index (χ4n) is 1.84. The molecule has 0 radical (unpaired) electrons. The van der Waals surface area contributed by atoms with Crippen LogP contribution in [0.15, 0.2) is 0 Å². The summed E-state index contributed by atoms with van der Waals surface area (Å²) in [5.41, 5.74) is 7.82. The molecule has 0 aliphatic carbocycles. The van der Waals surface area contributed by atoms with E-state index in [1.807, 2.05) is 27.7 Å². The summed E-state index contributed by atoms with van der Waals surface area (Å²) in [6.45, 7) is 8.96. The lowest BCUT2D eigenvalue weighted by Gasteiger charge is -2.29. The minimum atomic E-state index is -0.0735. The molecule has 5 heteroatoms. The van der Waals surface area contributed by atoms with Gasteiger partial charge in [-0.1, -0.05) is 13.8 Å². The number of aryl methyl sites for hydroxylation is 2. The molecule has 1 rings (SSSR count). The van der Waals surface area contributed by atoms with E-state index in [1.54, 1.807) is 11.9 Å². The van der Waals surface area contributed by atoms with Crippen LogP contribution < -0.4 is 5.73 Å². The van der Waals surface area contributed by atoms with E-state index in [-0.39, 0.29) is 11.3 Å². The zero-order valence-corrected chi connectivity index (χ0v) is 11.3. The highest BCUT2D eigenvalue weighted by Crippen LogP contribution is 2.17. The average Bonchev–Trinajstić information content (AvgIpc) is 2.57. The standard InChI is InChI=1S/C12H22N4O/c1-8-10(9(2)15-14-8)11(17)16(5)7-12(3,4)6-13/h6-7,13H2,1-5H3,(H,14,15). The van der Waals surface area contributed by atoms with Gasteiger partial charge >= 0.3 is 0 Å². The van der Waals surface area contributed by atoms with Gasteiger partial charge in [0.1, 0.15) is 0 Å². The molecule has 1 aromatic rings. The third-order valence-electron chi connectivity index (χ3n) is 2.91. The Labute approximate surface area is 102 Å². The van der Waals surface area contributed by atoms with E-state index in [0.717, 1.165) is 11.4 Å². The molecule has 1 heterocycles. The number of amides is 1. The first-order chi connectivity index (χ1) is 7.78. The highest BCUT2D eigenvalue weighted by Gasteiger charge is 2.24. The predicted octanol–water partition coefficient (Wildman–Crippen LogP) is 1.08. The van der Waals surface area contributed by atoms with Crippen LogP contribution in [0.4, 0.5) is 0 Å². The fourth-order valence-corrected chi connectivity index (χ4v) is 1.84. The summed E-state index contributed by atoms with van der Waals surface area (Å²) in [4.78, 5) is 14.0. The fraction of sp³-hybridized carbons (Fsp3) is 0.667. The Balaban J connectivity index is 2.84. The van der Waals surface area contributed by atoms with Crippen LogP contribution in [0, 0.1) is 19.3 Å². The van der Waals surface area contributed by atoms with Gasteiger partial charge < -0.3 is 10.6 Å². The molecule has 0 atom stereocenters. The van der Waals surface area contributed by atoms with Crippen LogP contribution in [0.3, 0.4) is 0 Å². The van der Waals surface area contributed by atoms with Crippen molar-refractivity contribution < 1.29 is 4.79 Å². The van der Waals surface area contributed by atoms with E-state index in [0.29, 0.717) is 18.7 Å². The van der Waals surface area contributed by atoms with Crippen LogP contribution in [-0.2, 0) is 0 Å². The van der Waals surface area contributed by atoms with Crippen molar-refractivity contribution in [2.24, 2.45) is 11.1 Å². The van der Waals surface area contributed by atoms with Gasteiger partial charge in [-0.3, -0.25) is 9.89 Å². The second-order valence-electron chi connectivity index (χ2n) is 5.34. The first-order valence-electron chi connectivity index (χ1n) is 5.75. The van der Waals surface area contributed by atoms with Gasteiger partial charge in [0.2, 0.25) is 0 Å². The van der Waals surface area contributed by atoms with E-state index in [2.05, 4.69) is 10.2 Å². The van der Waals surface area contributed by atoms with Crippen molar-refractivity contribution in [3.05, 3.63) is 17.0 Å². The molecule has 0 saturated carbocycles. The first kappa shape index (κ1) is 13.7. The summed E-state index contributed by atoms with van der Waals surface area (Å²) in [5, 5.41) is 6.87. The summed E-state index contributed by atoms with van der Waals surface area (Å²) in [7, 11) is 1.80. The molecule has 0 aliphatic rings. The van der Waals surface area contributed by atoms with Crippen molar-refractivity contribution in [3.63, 3.8) is 0 Å². The van der Waals surface area contributed by atoms with E-state index in [4.69, 9.17) is 5.73 Å². The lowest BCUT2D eigenvalue weighted by atomic mass is 9.93. The van der Waals surface area contributed by atoms with Gasteiger partial charge in [0.25, 0.3) is 5.91 Å². The SMILES string of the molecule is Cc1n[nH]c(C)c1C(=O)N(C)CC(C)(C)CN. The van der Waals surface area contributed by atoms with Crippen molar-refractivity contribution in [2.45, 2.75) is 27.7 Å². The van der Waals surface area contributed by atoms with Crippen LogP contribution >= 0.6 is 0 Å². The summed E-state index contributed by atoms with van der Waals surface area (Å²) < 4.78 is 0. The van der Waals surface area contributed by atoms with Crippen molar-refractivity contribution in [1.82, 2.24) is 15.1 Å². The van der Waals surface area contributed by atoms with Gasteiger partial charge in [-0.05, 0) is 25.8 Å². The third-order valence-corrected chi connectivity index (χ3v) is 2.91. The quantitative estimate of drug-likeness (QED) is 0.824. The lowest BCUT2D eigenvalue weighted by molar-refractivity contribution is 0.0739. The minimum absolute atomic E-state index is 0.00437. The molecule has 1 aromatic heterocycles. The highest BCUT2D eigenvalue weighted by molar-refractivity contribution is 5.96. The Morgan fingerprint density at radius 1 is 1.47 bits per heavy atom. The van der Waals surface area contributed by atoms with E-state index >= 15 is 0 Å². The maximum atomic E-state index is 12.3. The van der Waals surface area contributed by atoms with E-state index < -0.39 is 0 Å². The first-order valence-corrected chi connectivity index (χ1v) is 5.75. The number of nitrogens with one attached hydrogen (secondary N) is 1.